The van der Waals surface area contributed by atoms with Crippen molar-refractivity contribution >= 4 is 0 Å². The van der Waals surface area contributed by atoms with Gasteiger partial charge >= 0.3 is 0 Å². The molecule has 1 aliphatic carbocycles. The van der Waals surface area contributed by atoms with Gasteiger partial charge in [0.15, 0.2) is 0 Å². The average Bonchev–Trinajstić information content (AvgIpc) is 2.39. The van der Waals surface area contributed by atoms with E-state index in [1.54, 1.807) is 0 Å². The fourth-order valence-electron chi connectivity index (χ4n) is 3.40. The van der Waals surface area contributed by atoms with E-state index < -0.39 is 0 Å². The highest BCUT2D eigenvalue weighted by Gasteiger charge is 2.55. The molecule has 0 aromatic heterocycles. The maximum absolute atomic E-state index is 10.1. The number of likely N-dealkylation sites (tertiary alicyclic amines) is 1. The van der Waals surface area contributed by atoms with Crippen molar-refractivity contribution in [2.75, 3.05) is 26.2 Å². The van der Waals surface area contributed by atoms with Gasteiger partial charge in [0, 0.05) is 25.0 Å². The molecule has 2 fully saturated rings. The molecular formula is C14H27NO3. The molecule has 0 aromatic rings. The number of hydrogen-bond donors (Lipinski definition) is 2. The smallest absolute Gasteiger partial charge is 0.0681 e. The van der Waals surface area contributed by atoms with Gasteiger partial charge in [-0.25, -0.2) is 0 Å². The van der Waals surface area contributed by atoms with E-state index in [0.717, 1.165) is 51.9 Å². The molecule has 1 spiro atoms. The molecule has 1 saturated heterocycles. The van der Waals surface area contributed by atoms with Crippen LogP contribution in [0.1, 0.15) is 39.5 Å². The van der Waals surface area contributed by atoms with Gasteiger partial charge in [-0.15, -0.1) is 0 Å². The molecule has 18 heavy (non-hydrogen) atoms. The number of hydrogen-bond acceptors (Lipinski definition) is 4. The van der Waals surface area contributed by atoms with Gasteiger partial charge in [0.2, 0.25) is 0 Å². The van der Waals surface area contributed by atoms with Crippen LogP contribution < -0.4 is 0 Å². The lowest BCUT2D eigenvalue weighted by molar-refractivity contribution is -0.210. The summed E-state index contributed by atoms with van der Waals surface area (Å²) in [6, 6.07) is 0. The van der Waals surface area contributed by atoms with Crippen LogP contribution in [0, 0.1) is 5.41 Å². The van der Waals surface area contributed by atoms with Crippen LogP contribution in [0.4, 0.5) is 0 Å². The molecule has 1 heterocycles. The number of β-amino-alcohol motifs (C(OH)–C–C–N with tert-alkyl or cyclic N) is 1. The molecule has 1 aliphatic heterocycles. The Kier molecular flexibility index (Phi) is 4.64. The van der Waals surface area contributed by atoms with Crippen molar-refractivity contribution in [3.05, 3.63) is 0 Å². The van der Waals surface area contributed by atoms with Gasteiger partial charge in [-0.05, 0) is 39.3 Å². The third-order valence-electron chi connectivity index (χ3n) is 4.84. The molecule has 3 atom stereocenters. The minimum absolute atomic E-state index is 0.00365. The molecule has 0 radical (unpaired) electrons. The van der Waals surface area contributed by atoms with Crippen molar-refractivity contribution < 1.29 is 14.9 Å². The van der Waals surface area contributed by atoms with Crippen molar-refractivity contribution in [3.8, 4) is 0 Å². The van der Waals surface area contributed by atoms with E-state index in [4.69, 9.17) is 4.74 Å². The van der Waals surface area contributed by atoms with E-state index in [2.05, 4.69) is 4.90 Å². The first-order valence-electron chi connectivity index (χ1n) is 7.32. The fraction of sp³-hybridized carbons (Fsp3) is 1.00. The summed E-state index contributed by atoms with van der Waals surface area (Å²) in [4.78, 5) is 2.31. The largest absolute Gasteiger partial charge is 0.392 e. The zero-order valence-electron chi connectivity index (χ0n) is 11.6. The fourth-order valence-corrected chi connectivity index (χ4v) is 3.40. The molecule has 1 saturated carbocycles. The highest BCUT2D eigenvalue weighted by molar-refractivity contribution is 5.06. The zero-order chi connectivity index (χ0) is 13.2. The molecule has 2 N–H and O–H groups in total. The molecule has 2 aliphatic rings. The van der Waals surface area contributed by atoms with Crippen LogP contribution >= 0.6 is 0 Å². The number of ether oxygens (including phenoxy) is 1. The van der Waals surface area contributed by atoms with Crippen molar-refractivity contribution in [2.45, 2.75) is 57.8 Å². The van der Waals surface area contributed by atoms with E-state index in [-0.39, 0.29) is 23.7 Å². The highest BCUT2D eigenvalue weighted by Crippen LogP contribution is 2.50. The van der Waals surface area contributed by atoms with Crippen LogP contribution in [0.15, 0.2) is 0 Å². The molecule has 0 unspecified atom stereocenters. The zero-order valence-corrected chi connectivity index (χ0v) is 11.6. The maximum atomic E-state index is 10.1. The second-order valence-electron chi connectivity index (χ2n) is 5.79. The summed E-state index contributed by atoms with van der Waals surface area (Å²) in [7, 11) is 0. The second kappa shape index (κ2) is 5.87. The third kappa shape index (κ3) is 2.57. The molecule has 0 aromatic carbocycles. The van der Waals surface area contributed by atoms with Crippen molar-refractivity contribution in [1.29, 1.82) is 0 Å². The Morgan fingerprint density at radius 2 is 2.00 bits per heavy atom. The summed E-state index contributed by atoms with van der Waals surface area (Å²) in [5, 5.41) is 19.8. The van der Waals surface area contributed by atoms with Crippen molar-refractivity contribution in [3.63, 3.8) is 0 Å². The van der Waals surface area contributed by atoms with Crippen LogP contribution in [0.2, 0.25) is 0 Å². The predicted octanol–water partition coefficient (Wildman–Crippen LogP) is 1.01. The Morgan fingerprint density at radius 3 is 2.50 bits per heavy atom. The predicted molar refractivity (Wildman–Crippen MR) is 70.4 cm³/mol. The lowest BCUT2D eigenvalue weighted by Gasteiger charge is -2.56. The molecule has 106 valence electrons. The quantitative estimate of drug-likeness (QED) is 0.772. The van der Waals surface area contributed by atoms with Crippen molar-refractivity contribution in [2.24, 2.45) is 5.41 Å². The van der Waals surface area contributed by atoms with E-state index in [1.807, 2.05) is 13.8 Å². The number of rotatable bonds is 5. The number of aliphatic hydroxyl groups excluding tert-OH is 2. The van der Waals surface area contributed by atoms with E-state index in [9.17, 15) is 10.2 Å². The molecule has 0 amide bonds. The van der Waals surface area contributed by atoms with Crippen LogP contribution in [0.25, 0.3) is 0 Å². The van der Waals surface area contributed by atoms with Crippen LogP contribution in [0.5, 0.6) is 0 Å². The van der Waals surface area contributed by atoms with Crippen molar-refractivity contribution in [1.82, 2.24) is 4.90 Å². The molecule has 0 bridgehead atoms. The van der Waals surface area contributed by atoms with Gasteiger partial charge in [0.25, 0.3) is 0 Å². The number of aliphatic hydroxyl groups is 2. The van der Waals surface area contributed by atoms with E-state index in [0.29, 0.717) is 0 Å². The van der Waals surface area contributed by atoms with Gasteiger partial charge in [-0.1, -0.05) is 6.92 Å². The summed E-state index contributed by atoms with van der Waals surface area (Å²) < 4.78 is 5.75. The van der Waals surface area contributed by atoms with Gasteiger partial charge in [-0.3, -0.25) is 0 Å². The first kappa shape index (κ1) is 14.3. The second-order valence-corrected chi connectivity index (χ2v) is 5.79. The molecule has 2 rings (SSSR count). The Morgan fingerprint density at radius 1 is 1.33 bits per heavy atom. The minimum atomic E-state index is -0.215. The number of piperidine rings is 1. The van der Waals surface area contributed by atoms with E-state index in [1.165, 1.54) is 0 Å². The molecular weight excluding hydrogens is 230 g/mol. The van der Waals surface area contributed by atoms with Crippen LogP contribution in [-0.4, -0.2) is 59.7 Å². The van der Waals surface area contributed by atoms with Crippen LogP contribution in [0.3, 0.4) is 0 Å². The minimum Gasteiger partial charge on any atom is -0.392 e. The molecule has 4 nitrogen and oxygen atoms in total. The normalized spacial score (nSPS) is 33.3. The Balaban J connectivity index is 1.85. The summed E-state index contributed by atoms with van der Waals surface area (Å²) in [6.45, 7) is 7.47. The first-order valence-corrected chi connectivity index (χ1v) is 7.32. The third-order valence-corrected chi connectivity index (χ3v) is 4.84. The molecule has 4 heteroatoms. The first-order chi connectivity index (χ1) is 8.62. The van der Waals surface area contributed by atoms with Gasteiger partial charge in [0.1, 0.15) is 0 Å². The number of nitrogens with zero attached hydrogens (tertiary/aromatic N) is 1. The summed E-state index contributed by atoms with van der Waals surface area (Å²) in [6.07, 6.45) is 3.44. The van der Waals surface area contributed by atoms with Gasteiger partial charge < -0.3 is 19.8 Å². The topological polar surface area (TPSA) is 52.9 Å². The lowest BCUT2D eigenvalue weighted by atomic mass is 9.58. The van der Waals surface area contributed by atoms with Crippen LogP contribution in [-0.2, 0) is 4.74 Å². The Bertz CT molecular complexity index is 262. The lowest BCUT2D eigenvalue weighted by Crippen LogP contribution is -2.62. The Labute approximate surface area is 110 Å². The summed E-state index contributed by atoms with van der Waals surface area (Å²) >= 11 is 0. The SMILES string of the molecule is CCO[C@@H]1C[C@H](O)C12CCN(C[C@@H](O)CC)CC2. The summed E-state index contributed by atoms with van der Waals surface area (Å²) in [5.74, 6) is 0. The summed E-state index contributed by atoms with van der Waals surface area (Å²) in [5.41, 5.74) is 0.00365. The van der Waals surface area contributed by atoms with Gasteiger partial charge in [0.05, 0.1) is 18.3 Å². The van der Waals surface area contributed by atoms with Gasteiger partial charge in [-0.2, -0.15) is 0 Å². The standard InChI is InChI=1S/C14H27NO3/c1-3-11(16)10-15-7-5-14(6-8-15)12(17)9-13(14)18-4-2/h11-13,16-17H,3-10H2,1-2H3/t11-,12-,13+/m0/s1. The highest BCUT2D eigenvalue weighted by atomic mass is 16.5. The average molecular weight is 257 g/mol. The van der Waals surface area contributed by atoms with E-state index >= 15 is 0 Å². The monoisotopic (exact) mass is 257 g/mol. The maximum Gasteiger partial charge on any atom is 0.0681 e. The Hall–Kier alpha value is -0.160.